The van der Waals surface area contributed by atoms with Crippen LogP contribution in [-0.2, 0) is 9.53 Å². The van der Waals surface area contributed by atoms with Gasteiger partial charge in [0, 0.05) is 26.3 Å². The molecule has 1 rings (SSSR count). The molecule has 0 spiro atoms. The van der Waals surface area contributed by atoms with E-state index in [1.54, 1.807) is 19.2 Å². The van der Waals surface area contributed by atoms with Gasteiger partial charge in [-0.3, -0.25) is 4.79 Å². The normalized spacial score (nSPS) is 11.2. The van der Waals surface area contributed by atoms with E-state index in [1.165, 1.54) is 13.0 Å². The van der Waals surface area contributed by atoms with Crippen LogP contribution in [0.3, 0.4) is 0 Å². The molecule has 1 aromatic carbocycles. The van der Waals surface area contributed by atoms with Gasteiger partial charge in [-0.05, 0) is 38.5 Å². The zero-order chi connectivity index (χ0) is 14.5. The number of halogens is 1. The third-order valence-electron chi connectivity index (χ3n) is 2.89. The molecule has 5 heteroatoms. The molecule has 0 fully saturated rings. The van der Waals surface area contributed by atoms with Gasteiger partial charge < -0.3 is 15.4 Å². The average Bonchev–Trinajstić information content (AvgIpc) is 2.32. The summed E-state index contributed by atoms with van der Waals surface area (Å²) in [5, 5.41) is 5.63. The SMILES string of the molecule is COC(C)(C)CCNc1ccc(F)c(NC(C)=O)c1. The first-order valence-corrected chi connectivity index (χ1v) is 6.20. The largest absolute Gasteiger partial charge is 0.385 e. The van der Waals surface area contributed by atoms with E-state index in [1.807, 2.05) is 13.8 Å². The number of hydrogen-bond acceptors (Lipinski definition) is 3. The van der Waals surface area contributed by atoms with Crippen LogP contribution in [0.2, 0.25) is 0 Å². The molecule has 0 aliphatic rings. The Labute approximate surface area is 113 Å². The van der Waals surface area contributed by atoms with E-state index in [0.717, 1.165) is 12.1 Å². The molecule has 0 radical (unpaired) electrons. The molecular formula is C14H21FN2O2. The molecule has 0 saturated carbocycles. The Morgan fingerprint density at radius 1 is 1.42 bits per heavy atom. The first-order valence-electron chi connectivity index (χ1n) is 6.20. The predicted molar refractivity (Wildman–Crippen MR) is 74.9 cm³/mol. The minimum absolute atomic E-state index is 0.184. The van der Waals surface area contributed by atoms with Crippen molar-refractivity contribution >= 4 is 17.3 Å². The third-order valence-corrected chi connectivity index (χ3v) is 2.89. The molecule has 2 N–H and O–H groups in total. The highest BCUT2D eigenvalue weighted by Crippen LogP contribution is 2.20. The van der Waals surface area contributed by atoms with Gasteiger partial charge >= 0.3 is 0 Å². The molecule has 0 unspecified atom stereocenters. The van der Waals surface area contributed by atoms with Crippen molar-refractivity contribution in [1.29, 1.82) is 0 Å². The van der Waals surface area contributed by atoms with Gasteiger partial charge in [-0.25, -0.2) is 4.39 Å². The average molecular weight is 268 g/mol. The van der Waals surface area contributed by atoms with Crippen molar-refractivity contribution in [3.05, 3.63) is 24.0 Å². The molecule has 0 aliphatic heterocycles. The molecule has 0 bridgehead atoms. The second kappa shape index (κ2) is 6.52. The summed E-state index contributed by atoms with van der Waals surface area (Å²) in [6, 6.07) is 4.55. The Morgan fingerprint density at radius 2 is 2.11 bits per heavy atom. The molecule has 4 nitrogen and oxygen atoms in total. The topological polar surface area (TPSA) is 50.4 Å². The van der Waals surface area contributed by atoms with Crippen molar-refractivity contribution in [2.75, 3.05) is 24.3 Å². The molecule has 1 amide bonds. The summed E-state index contributed by atoms with van der Waals surface area (Å²) < 4.78 is 18.7. The standard InChI is InChI=1S/C14H21FN2O2/c1-10(18)17-13-9-11(5-6-12(13)15)16-8-7-14(2,3)19-4/h5-6,9,16H,7-8H2,1-4H3,(H,17,18). The maximum atomic E-state index is 13.4. The lowest BCUT2D eigenvalue weighted by Crippen LogP contribution is -2.25. The van der Waals surface area contributed by atoms with Crippen LogP contribution in [0, 0.1) is 5.82 Å². The molecule has 0 aromatic heterocycles. The number of carbonyl (C=O) groups is 1. The van der Waals surface area contributed by atoms with E-state index >= 15 is 0 Å². The molecule has 0 heterocycles. The van der Waals surface area contributed by atoms with E-state index in [2.05, 4.69) is 10.6 Å². The number of benzene rings is 1. The van der Waals surface area contributed by atoms with Crippen molar-refractivity contribution < 1.29 is 13.9 Å². The monoisotopic (exact) mass is 268 g/mol. The molecule has 0 atom stereocenters. The summed E-state index contributed by atoms with van der Waals surface area (Å²) in [5.41, 5.74) is 0.744. The summed E-state index contributed by atoms with van der Waals surface area (Å²) in [5.74, 6) is -0.741. The summed E-state index contributed by atoms with van der Waals surface area (Å²) in [6.07, 6.45) is 0.816. The molecule has 0 saturated heterocycles. The van der Waals surface area contributed by atoms with Crippen LogP contribution in [-0.4, -0.2) is 25.2 Å². The van der Waals surface area contributed by atoms with Crippen LogP contribution in [0.1, 0.15) is 27.2 Å². The molecule has 106 valence electrons. The van der Waals surface area contributed by atoms with Gasteiger partial charge in [0.25, 0.3) is 0 Å². The fourth-order valence-electron chi connectivity index (χ4n) is 1.53. The Kier molecular flexibility index (Phi) is 5.30. The third kappa shape index (κ3) is 5.26. The fraction of sp³-hybridized carbons (Fsp3) is 0.500. The Morgan fingerprint density at radius 3 is 2.68 bits per heavy atom. The lowest BCUT2D eigenvalue weighted by atomic mass is 10.1. The molecular weight excluding hydrogens is 247 g/mol. The van der Waals surface area contributed by atoms with Crippen LogP contribution in [0.15, 0.2) is 18.2 Å². The molecule has 1 aromatic rings. The lowest BCUT2D eigenvalue weighted by Gasteiger charge is -2.23. The van der Waals surface area contributed by atoms with E-state index < -0.39 is 5.82 Å². The Hall–Kier alpha value is -1.62. The lowest BCUT2D eigenvalue weighted by molar-refractivity contribution is -0.114. The van der Waals surface area contributed by atoms with Crippen LogP contribution in [0.25, 0.3) is 0 Å². The summed E-state index contributed by atoms with van der Waals surface area (Å²) in [4.78, 5) is 10.9. The van der Waals surface area contributed by atoms with Crippen LogP contribution >= 0.6 is 0 Å². The number of ether oxygens (including phenoxy) is 1. The van der Waals surface area contributed by atoms with E-state index in [4.69, 9.17) is 4.74 Å². The second-order valence-electron chi connectivity index (χ2n) is 5.02. The van der Waals surface area contributed by atoms with Gasteiger partial charge in [0.2, 0.25) is 5.91 Å². The minimum Gasteiger partial charge on any atom is -0.385 e. The van der Waals surface area contributed by atoms with Crippen LogP contribution in [0.5, 0.6) is 0 Å². The number of rotatable bonds is 6. The van der Waals surface area contributed by atoms with E-state index in [9.17, 15) is 9.18 Å². The van der Waals surface area contributed by atoms with Crippen molar-refractivity contribution in [2.24, 2.45) is 0 Å². The molecule has 19 heavy (non-hydrogen) atoms. The zero-order valence-electron chi connectivity index (χ0n) is 11.8. The first-order chi connectivity index (χ1) is 8.84. The minimum atomic E-state index is -0.446. The van der Waals surface area contributed by atoms with Gasteiger partial charge in [-0.1, -0.05) is 0 Å². The first kappa shape index (κ1) is 15.4. The van der Waals surface area contributed by atoms with Crippen molar-refractivity contribution in [3.8, 4) is 0 Å². The number of hydrogen-bond donors (Lipinski definition) is 2. The second-order valence-corrected chi connectivity index (χ2v) is 5.02. The number of anilines is 2. The van der Waals surface area contributed by atoms with Crippen LogP contribution in [0.4, 0.5) is 15.8 Å². The van der Waals surface area contributed by atoms with Gasteiger partial charge in [0.05, 0.1) is 11.3 Å². The van der Waals surface area contributed by atoms with E-state index in [-0.39, 0.29) is 17.2 Å². The highest BCUT2D eigenvalue weighted by Gasteiger charge is 2.15. The van der Waals surface area contributed by atoms with Gasteiger partial charge in [0.15, 0.2) is 0 Å². The number of carbonyl (C=O) groups excluding carboxylic acids is 1. The molecule has 0 aliphatic carbocycles. The maximum absolute atomic E-state index is 13.4. The van der Waals surface area contributed by atoms with Gasteiger partial charge in [0.1, 0.15) is 5.82 Å². The summed E-state index contributed by atoms with van der Waals surface area (Å²) in [7, 11) is 1.67. The Bertz CT molecular complexity index is 447. The number of amides is 1. The van der Waals surface area contributed by atoms with Crippen molar-refractivity contribution in [2.45, 2.75) is 32.8 Å². The smallest absolute Gasteiger partial charge is 0.221 e. The number of methoxy groups -OCH3 is 1. The quantitative estimate of drug-likeness (QED) is 0.834. The van der Waals surface area contributed by atoms with Crippen LogP contribution < -0.4 is 10.6 Å². The maximum Gasteiger partial charge on any atom is 0.221 e. The highest BCUT2D eigenvalue weighted by molar-refractivity contribution is 5.89. The predicted octanol–water partition coefficient (Wildman–Crippen LogP) is 3.01. The van der Waals surface area contributed by atoms with Crippen molar-refractivity contribution in [3.63, 3.8) is 0 Å². The Balaban J connectivity index is 2.62. The van der Waals surface area contributed by atoms with Crippen molar-refractivity contribution in [1.82, 2.24) is 0 Å². The zero-order valence-corrected chi connectivity index (χ0v) is 11.8. The number of nitrogens with one attached hydrogen (secondary N) is 2. The van der Waals surface area contributed by atoms with E-state index in [0.29, 0.717) is 6.54 Å². The summed E-state index contributed by atoms with van der Waals surface area (Å²) in [6.45, 7) is 6.05. The van der Waals surface area contributed by atoms with Gasteiger partial charge in [-0.15, -0.1) is 0 Å². The van der Waals surface area contributed by atoms with Gasteiger partial charge in [-0.2, -0.15) is 0 Å². The highest BCUT2D eigenvalue weighted by atomic mass is 19.1. The fourth-order valence-corrected chi connectivity index (χ4v) is 1.53. The summed E-state index contributed by atoms with van der Waals surface area (Å²) >= 11 is 0.